The lowest BCUT2D eigenvalue weighted by Gasteiger charge is -2.41. The highest BCUT2D eigenvalue weighted by molar-refractivity contribution is 8.13. The zero-order valence-electron chi connectivity index (χ0n) is 28.4. The van der Waals surface area contributed by atoms with E-state index in [1.54, 1.807) is 0 Å². The first kappa shape index (κ1) is 40.4. The van der Waals surface area contributed by atoms with Crippen molar-refractivity contribution in [2.45, 2.75) is 143 Å². The summed E-state index contributed by atoms with van der Waals surface area (Å²) < 4.78 is 38.2. The fraction of sp³-hybridized carbons (Fsp3) is 0.938. The third kappa shape index (κ3) is 17.4. The molecule has 12 heteroatoms. The smallest absolute Gasteiger partial charge is 0.373 e. The van der Waals surface area contributed by atoms with E-state index in [4.69, 9.17) is 26.6 Å². The molecule has 0 radical (unpaired) electrons. The van der Waals surface area contributed by atoms with Crippen LogP contribution in [0.25, 0.3) is 0 Å². The van der Waals surface area contributed by atoms with Gasteiger partial charge in [0.1, 0.15) is 6.29 Å². The van der Waals surface area contributed by atoms with E-state index in [2.05, 4.69) is 27.7 Å². The predicted octanol–water partition coefficient (Wildman–Crippen LogP) is 8.63. The highest BCUT2D eigenvalue weighted by Crippen LogP contribution is 2.31. The minimum absolute atomic E-state index is 0.273. The predicted molar refractivity (Wildman–Crippen MR) is 186 cm³/mol. The number of carbonyl (C=O) groups excluding carboxylic acids is 2. The third-order valence-electron chi connectivity index (χ3n) is 7.79. The second-order valence-corrected chi connectivity index (χ2v) is 20.3. The van der Waals surface area contributed by atoms with Crippen LogP contribution in [0.4, 0.5) is 0 Å². The summed E-state index contributed by atoms with van der Waals surface area (Å²) in [6.07, 6.45) is 13.9. The van der Waals surface area contributed by atoms with Crippen molar-refractivity contribution in [3.8, 4) is 0 Å². The Labute approximate surface area is 279 Å². The maximum absolute atomic E-state index is 12.4. The van der Waals surface area contributed by atoms with Crippen molar-refractivity contribution in [3.05, 3.63) is 0 Å². The summed E-state index contributed by atoms with van der Waals surface area (Å²) in [7, 11) is -5.99. The van der Waals surface area contributed by atoms with E-state index in [0.717, 1.165) is 50.0 Å². The first-order chi connectivity index (χ1) is 21.2. The highest BCUT2D eigenvalue weighted by atomic mass is 32.2. The Balaban J connectivity index is 1.83. The molecule has 0 aromatic carbocycles. The number of thioether (sulfide) groups is 2. The second kappa shape index (κ2) is 23.5. The van der Waals surface area contributed by atoms with Crippen LogP contribution in [-0.4, -0.2) is 72.1 Å². The lowest BCUT2D eigenvalue weighted by molar-refractivity contribution is -0.116. The summed E-state index contributed by atoms with van der Waals surface area (Å²) in [6.45, 7) is 12.9. The molecule has 0 spiro atoms. The monoisotopic (exact) mass is 694 g/mol. The number of rotatable bonds is 24. The zero-order valence-corrected chi connectivity index (χ0v) is 32.0. The van der Waals surface area contributed by atoms with Crippen molar-refractivity contribution in [3.63, 3.8) is 0 Å². The number of carbonyl (C=O) groups is 2. The maximum atomic E-state index is 12.4. The van der Waals surface area contributed by atoms with Crippen LogP contribution >= 0.6 is 23.5 Å². The van der Waals surface area contributed by atoms with Crippen LogP contribution in [0.5, 0.6) is 0 Å². The molecule has 0 bridgehead atoms. The van der Waals surface area contributed by atoms with Crippen LogP contribution < -0.4 is 0 Å². The van der Waals surface area contributed by atoms with Crippen LogP contribution in [0.1, 0.15) is 125 Å². The van der Waals surface area contributed by atoms with Crippen LogP contribution in [0.2, 0.25) is 12.1 Å². The molecule has 258 valence electrons. The van der Waals surface area contributed by atoms with Crippen LogP contribution in [0, 0.1) is 11.8 Å². The Hall–Kier alpha value is 0.234. The van der Waals surface area contributed by atoms with Gasteiger partial charge in [0.15, 0.2) is 10.2 Å². The molecule has 0 atom stereocenters. The van der Waals surface area contributed by atoms with E-state index < -0.39 is 23.9 Å². The fourth-order valence-corrected chi connectivity index (χ4v) is 13.1. The van der Waals surface area contributed by atoms with Crippen LogP contribution in [0.3, 0.4) is 0 Å². The average molecular weight is 695 g/mol. The molecule has 2 aliphatic heterocycles. The molecule has 0 amide bonds. The van der Waals surface area contributed by atoms with Gasteiger partial charge in [-0.25, -0.2) is 0 Å². The zero-order chi connectivity index (χ0) is 32.1. The molecular formula is C32H62O8S2Si2. The van der Waals surface area contributed by atoms with Gasteiger partial charge in [-0.2, -0.15) is 0 Å². The second-order valence-electron chi connectivity index (χ2n) is 12.6. The quantitative estimate of drug-likeness (QED) is 0.0556. The van der Waals surface area contributed by atoms with Crippen molar-refractivity contribution in [2.24, 2.45) is 11.8 Å². The Morgan fingerprint density at radius 2 is 1.00 bits per heavy atom. The largest absolute Gasteiger partial charge is 0.502 e. The molecule has 0 N–H and O–H groups in total. The van der Waals surface area contributed by atoms with Crippen molar-refractivity contribution in [1.29, 1.82) is 0 Å². The molecule has 2 saturated heterocycles. The topological polar surface area (TPSA) is 89.5 Å². The standard InChI is InChI=1S/C32H62O8S2Si2/c1-6-8-10-12-14-18-31(33)41-20-16-22-43(35-24-28(3)25-36-43)39-30(5)40-44(37-26-29(4)27-38-44)23-17-21-42-32(34)19-15-13-11-9-7-2/h28-30H,6-27H2,1-5H3. The molecule has 2 fully saturated rings. The Morgan fingerprint density at radius 1 is 0.636 bits per heavy atom. The highest BCUT2D eigenvalue weighted by Gasteiger charge is 2.50. The lowest BCUT2D eigenvalue weighted by atomic mass is 10.1. The van der Waals surface area contributed by atoms with Crippen LogP contribution in [-0.2, 0) is 36.1 Å². The minimum Gasteiger partial charge on any atom is -0.373 e. The number of unbranched alkanes of at least 4 members (excludes halogenated alkanes) is 8. The van der Waals surface area contributed by atoms with E-state index in [0.29, 0.717) is 63.2 Å². The molecule has 0 unspecified atom stereocenters. The summed E-state index contributed by atoms with van der Waals surface area (Å²) in [5.41, 5.74) is 0. The molecule has 44 heavy (non-hydrogen) atoms. The van der Waals surface area contributed by atoms with Gasteiger partial charge in [0.2, 0.25) is 0 Å². The number of hydrogen-bond acceptors (Lipinski definition) is 10. The summed E-state index contributed by atoms with van der Waals surface area (Å²) in [6, 6.07) is 1.30. The molecule has 0 aromatic rings. The van der Waals surface area contributed by atoms with Crippen molar-refractivity contribution >= 4 is 51.4 Å². The van der Waals surface area contributed by atoms with Gasteiger partial charge in [0.25, 0.3) is 0 Å². The van der Waals surface area contributed by atoms with E-state index >= 15 is 0 Å². The van der Waals surface area contributed by atoms with Crippen molar-refractivity contribution in [2.75, 3.05) is 37.9 Å². The molecule has 0 aromatic heterocycles. The Bertz CT molecular complexity index is 715. The fourth-order valence-electron chi connectivity index (χ4n) is 5.17. The van der Waals surface area contributed by atoms with Gasteiger partial charge >= 0.3 is 17.6 Å². The summed E-state index contributed by atoms with van der Waals surface area (Å²) in [4.78, 5) is 24.7. The first-order valence-electron chi connectivity index (χ1n) is 17.4. The van der Waals surface area contributed by atoms with Crippen molar-refractivity contribution < 1.29 is 36.1 Å². The molecule has 0 saturated carbocycles. The van der Waals surface area contributed by atoms with Gasteiger partial charge in [-0.05, 0) is 32.6 Å². The van der Waals surface area contributed by atoms with Gasteiger partial charge in [-0.1, -0.05) is 103 Å². The normalized spacial score (nSPS) is 26.5. The molecule has 2 heterocycles. The van der Waals surface area contributed by atoms with Gasteiger partial charge in [0.05, 0.1) is 0 Å². The molecule has 2 aliphatic rings. The third-order valence-corrected chi connectivity index (χ3v) is 15.6. The summed E-state index contributed by atoms with van der Waals surface area (Å²) in [5, 5.41) is 0.545. The van der Waals surface area contributed by atoms with Crippen LogP contribution in [0.15, 0.2) is 0 Å². The Morgan fingerprint density at radius 3 is 1.36 bits per heavy atom. The summed E-state index contributed by atoms with van der Waals surface area (Å²) in [5.74, 6) is 2.09. The number of hydrogen-bond donors (Lipinski definition) is 0. The van der Waals surface area contributed by atoms with Gasteiger partial charge in [-0.15, -0.1) is 0 Å². The van der Waals surface area contributed by atoms with Crippen molar-refractivity contribution in [1.82, 2.24) is 0 Å². The van der Waals surface area contributed by atoms with E-state index in [1.807, 2.05) is 6.92 Å². The van der Waals surface area contributed by atoms with E-state index in [9.17, 15) is 9.59 Å². The lowest BCUT2D eigenvalue weighted by Crippen LogP contribution is -2.57. The average Bonchev–Trinajstić information content (AvgIpc) is 3.00. The van der Waals surface area contributed by atoms with Gasteiger partial charge < -0.3 is 26.6 Å². The molecule has 0 aliphatic carbocycles. The minimum atomic E-state index is -2.99. The van der Waals surface area contributed by atoms with E-state index in [1.165, 1.54) is 62.0 Å². The Kier molecular flexibility index (Phi) is 21.6. The molecule has 8 nitrogen and oxygen atoms in total. The van der Waals surface area contributed by atoms with Gasteiger partial charge in [0, 0.05) is 74.7 Å². The van der Waals surface area contributed by atoms with E-state index in [-0.39, 0.29) is 10.2 Å². The summed E-state index contributed by atoms with van der Waals surface area (Å²) >= 11 is 2.84. The first-order valence-corrected chi connectivity index (χ1v) is 23.3. The SMILES string of the molecule is CCCCCCCC(=O)SCCC[Si]1(OC(C)O[Si]2(CCCSC(=O)CCCCCCC)OCC(C)CO2)OCC(C)CO1. The van der Waals surface area contributed by atoms with Gasteiger partial charge in [-0.3, -0.25) is 9.59 Å². The maximum Gasteiger partial charge on any atom is 0.502 e. The molecular weight excluding hydrogens is 633 g/mol. The molecule has 2 rings (SSSR count).